The third-order valence-corrected chi connectivity index (χ3v) is 6.79. The van der Waals surface area contributed by atoms with E-state index in [1.54, 1.807) is 0 Å². The van der Waals surface area contributed by atoms with E-state index in [2.05, 4.69) is 23.4 Å². The minimum absolute atomic E-state index is 0.113. The Hall–Kier alpha value is -1.39. The second-order valence-corrected chi connectivity index (χ2v) is 8.23. The summed E-state index contributed by atoms with van der Waals surface area (Å²) in [5, 5.41) is 4.94. The van der Waals surface area contributed by atoms with Crippen molar-refractivity contribution in [2.45, 2.75) is 102 Å². The highest BCUT2D eigenvalue weighted by Crippen LogP contribution is 2.52. The summed E-state index contributed by atoms with van der Waals surface area (Å²) in [6, 6.07) is 0.340. The molecule has 1 aliphatic heterocycles. The van der Waals surface area contributed by atoms with Crippen LogP contribution in [-0.2, 0) is 16.8 Å². The third-order valence-electron chi connectivity index (χ3n) is 6.79. The van der Waals surface area contributed by atoms with E-state index in [1.807, 2.05) is 0 Å². The molecular formula is C20H32N4O. The summed E-state index contributed by atoms with van der Waals surface area (Å²) >= 11 is 0. The number of hydrogen-bond donors (Lipinski definition) is 0. The molecule has 2 fully saturated rings. The Balaban J connectivity index is 1.85. The molecule has 5 heteroatoms. The van der Waals surface area contributed by atoms with Crippen LogP contribution in [0, 0.1) is 5.92 Å². The number of anilines is 1. The van der Waals surface area contributed by atoms with Crippen LogP contribution in [0.3, 0.4) is 0 Å². The molecule has 1 amide bonds. The molecule has 0 saturated heterocycles. The van der Waals surface area contributed by atoms with Gasteiger partial charge in [0.2, 0.25) is 11.9 Å². The zero-order valence-electron chi connectivity index (χ0n) is 15.8. The Labute approximate surface area is 151 Å². The molecular weight excluding hydrogens is 312 g/mol. The number of rotatable bonds is 3. The zero-order chi connectivity index (χ0) is 17.4. The topological polar surface area (TPSA) is 51.0 Å². The van der Waals surface area contributed by atoms with Crippen LogP contribution >= 0.6 is 0 Å². The van der Waals surface area contributed by atoms with E-state index < -0.39 is 0 Å². The SMILES string of the molecule is CCCC(=O)N1c2nc(CC)nn2C2(CCCCC2)C2CCCCC21. The van der Waals surface area contributed by atoms with Crippen molar-refractivity contribution >= 4 is 11.9 Å². The first kappa shape index (κ1) is 17.0. The summed E-state index contributed by atoms with van der Waals surface area (Å²) in [4.78, 5) is 19.9. The molecule has 0 N–H and O–H groups in total. The van der Waals surface area contributed by atoms with Gasteiger partial charge in [-0.2, -0.15) is 10.1 Å². The average molecular weight is 345 g/mol. The van der Waals surface area contributed by atoms with E-state index in [4.69, 9.17) is 10.1 Å². The molecule has 2 heterocycles. The molecule has 4 rings (SSSR count). The molecule has 0 bridgehead atoms. The smallest absolute Gasteiger partial charge is 0.231 e. The number of fused-ring (bicyclic) bond motifs is 4. The van der Waals surface area contributed by atoms with Gasteiger partial charge in [0.15, 0.2) is 5.82 Å². The molecule has 138 valence electrons. The lowest BCUT2D eigenvalue weighted by Gasteiger charge is -2.55. The van der Waals surface area contributed by atoms with Crippen LogP contribution in [0.2, 0.25) is 0 Å². The minimum atomic E-state index is 0.113. The Morgan fingerprint density at radius 2 is 1.88 bits per heavy atom. The molecule has 2 atom stereocenters. The summed E-state index contributed by atoms with van der Waals surface area (Å²) in [6.45, 7) is 4.20. The first-order chi connectivity index (χ1) is 12.2. The summed E-state index contributed by atoms with van der Waals surface area (Å²) in [5.41, 5.74) is 0.113. The number of nitrogens with zero attached hydrogens (tertiary/aromatic N) is 4. The molecule has 25 heavy (non-hydrogen) atoms. The predicted molar refractivity (Wildman–Crippen MR) is 98.6 cm³/mol. The number of carbonyl (C=O) groups is 1. The molecule has 1 aromatic rings. The molecule has 0 aromatic carbocycles. The van der Waals surface area contributed by atoms with Gasteiger partial charge in [-0.05, 0) is 32.1 Å². The molecule has 2 unspecified atom stereocenters. The highest BCUT2D eigenvalue weighted by molar-refractivity contribution is 5.92. The number of aryl methyl sites for hydroxylation is 1. The largest absolute Gasteiger partial charge is 0.277 e. The Bertz CT molecular complexity index is 632. The van der Waals surface area contributed by atoms with Crippen LogP contribution in [-0.4, -0.2) is 26.7 Å². The van der Waals surface area contributed by atoms with Crippen LogP contribution < -0.4 is 4.90 Å². The van der Waals surface area contributed by atoms with Crippen molar-refractivity contribution in [3.8, 4) is 0 Å². The van der Waals surface area contributed by atoms with Gasteiger partial charge in [0.1, 0.15) is 0 Å². The summed E-state index contributed by atoms with van der Waals surface area (Å²) in [6.07, 6.45) is 13.6. The van der Waals surface area contributed by atoms with Crippen molar-refractivity contribution in [2.75, 3.05) is 4.90 Å². The van der Waals surface area contributed by atoms with Crippen LogP contribution in [0.25, 0.3) is 0 Å². The van der Waals surface area contributed by atoms with Crippen molar-refractivity contribution in [2.24, 2.45) is 5.92 Å². The normalized spacial score (nSPS) is 27.8. The molecule has 3 aliphatic rings. The van der Waals surface area contributed by atoms with Crippen LogP contribution in [0.15, 0.2) is 0 Å². The van der Waals surface area contributed by atoms with Crippen molar-refractivity contribution in [3.05, 3.63) is 5.82 Å². The Morgan fingerprint density at radius 1 is 1.12 bits per heavy atom. The van der Waals surface area contributed by atoms with Gasteiger partial charge in [-0.15, -0.1) is 0 Å². The van der Waals surface area contributed by atoms with Gasteiger partial charge < -0.3 is 0 Å². The van der Waals surface area contributed by atoms with Crippen molar-refractivity contribution in [1.29, 1.82) is 0 Å². The number of hydrogen-bond acceptors (Lipinski definition) is 3. The quantitative estimate of drug-likeness (QED) is 0.825. The average Bonchev–Trinajstić information content (AvgIpc) is 3.08. The number of amides is 1. The maximum absolute atomic E-state index is 13.0. The van der Waals surface area contributed by atoms with Crippen LogP contribution in [0.4, 0.5) is 5.95 Å². The molecule has 5 nitrogen and oxygen atoms in total. The second kappa shape index (κ2) is 6.73. The van der Waals surface area contributed by atoms with Gasteiger partial charge >= 0.3 is 0 Å². The van der Waals surface area contributed by atoms with Crippen LogP contribution in [0.5, 0.6) is 0 Å². The highest BCUT2D eigenvalue weighted by Gasteiger charge is 2.54. The van der Waals surface area contributed by atoms with Crippen LogP contribution in [0.1, 0.15) is 90.3 Å². The monoisotopic (exact) mass is 344 g/mol. The molecule has 1 spiro atoms. The van der Waals surface area contributed by atoms with E-state index >= 15 is 0 Å². The fraction of sp³-hybridized carbons (Fsp3) is 0.850. The fourth-order valence-corrected chi connectivity index (χ4v) is 5.68. The molecule has 2 aliphatic carbocycles. The lowest BCUT2D eigenvalue weighted by molar-refractivity contribution is -0.121. The summed E-state index contributed by atoms with van der Waals surface area (Å²) in [7, 11) is 0. The Morgan fingerprint density at radius 3 is 2.60 bits per heavy atom. The van der Waals surface area contributed by atoms with Gasteiger partial charge in [-0.1, -0.05) is 46.0 Å². The van der Waals surface area contributed by atoms with E-state index in [9.17, 15) is 4.79 Å². The lowest BCUT2D eigenvalue weighted by Crippen LogP contribution is -2.61. The number of aromatic nitrogens is 3. The molecule has 0 radical (unpaired) electrons. The standard InChI is InChI=1S/C20H32N4O/c1-3-10-18(25)23-16-12-7-6-11-15(16)20(13-8-5-9-14-20)24-19(23)21-17(4-2)22-24/h15-16H,3-14H2,1-2H3. The Kier molecular flexibility index (Phi) is 4.59. The van der Waals surface area contributed by atoms with Gasteiger partial charge in [0.25, 0.3) is 0 Å². The first-order valence-electron chi connectivity index (χ1n) is 10.5. The van der Waals surface area contributed by atoms with Crippen molar-refractivity contribution < 1.29 is 4.79 Å². The number of carbonyl (C=O) groups excluding carboxylic acids is 1. The summed E-state index contributed by atoms with van der Waals surface area (Å²) in [5.74, 6) is 2.57. The second-order valence-electron chi connectivity index (χ2n) is 8.23. The maximum atomic E-state index is 13.0. The summed E-state index contributed by atoms with van der Waals surface area (Å²) < 4.78 is 2.23. The lowest BCUT2D eigenvalue weighted by atomic mass is 9.64. The molecule has 2 saturated carbocycles. The van der Waals surface area contributed by atoms with Gasteiger partial charge in [0.05, 0.1) is 5.54 Å². The van der Waals surface area contributed by atoms with Gasteiger partial charge in [-0.3, -0.25) is 9.69 Å². The van der Waals surface area contributed by atoms with E-state index in [0.29, 0.717) is 18.4 Å². The highest BCUT2D eigenvalue weighted by atomic mass is 16.2. The minimum Gasteiger partial charge on any atom is -0.277 e. The van der Waals surface area contributed by atoms with E-state index in [-0.39, 0.29) is 11.4 Å². The van der Waals surface area contributed by atoms with E-state index in [1.165, 1.54) is 51.4 Å². The van der Waals surface area contributed by atoms with Crippen molar-refractivity contribution in [1.82, 2.24) is 14.8 Å². The zero-order valence-corrected chi connectivity index (χ0v) is 15.8. The predicted octanol–water partition coefficient (Wildman–Crippen LogP) is 4.21. The van der Waals surface area contributed by atoms with Gasteiger partial charge in [-0.25, -0.2) is 4.68 Å². The first-order valence-corrected chi connectivity index (χ1v) is 10.5. The molecule has 1 aromatic heterocycles. The van der Waals surface area contributed by atoms with Crippen molar-refractivity contribution in [3.63, 3.8) is 0 Å². The fourth-order valence-electron chi connectivity index (χ4n) is 5.68. The third kappa shape index (κ3) is 2.61. The maximum Gasteiger partial charge on any atom is 0.231 e. The van der Waals surface area contributed by atoms with E-state index in [0.717, 1.165) is 31.0 Å². The van der Waals surface area contributed by atoms with Gasteiger partial charge in [0, 0.05) is 24.8 Å².